The van der Waals surface area contributed by atoms with Crippen molar-refractivity contribution < 1.29 is 27.5 Å². The molecule has 0 unspecified atom stereocenters. The van der Waals surface area contributed by atoms with E-state index in [1.54, 1.807) is 29.2 Å². The van der Waals surface area contributed by atoms with Gasteiger partial charge in [-0.15, -0.1) is 11.3 Å². The van der Waals surface area contributed by atoms with Gasteiger partial charge < -0.3 is 19.7 Å². The van der Waals surface area contributed by atoms with Gasteiger partial charge in [-0.3, -0.25) is 9.59 Å². The van der Waals surface area contributed by atoms with Gasteiger partial charge in [0.15, 0.2) is 18.1 Å². The maximum Gasteiger partial charge on any atom is 0.260 e. The molecule has 1 aromatic heterocycles. The summed E-state index contributed by atoms with van der Waals surface area (Å²) in [4.78, 5) is 27.4. The molecule has 1 aromatic carbocycles. The average Bonchev–Trinajstić information content (AvgIpc) is 3.27. The molecule has 2 amide bonds. The number of primary sulfonamides is 1. The first kappa shape index (κ1) is 24.0. The molecular weight excluding hydrogens is 454 g/mol. The number of hydrogen-bond donors (Lipinski definition) is 2. The van der Waals surface area contributed by atoms with Gasteiger partial charge in [-0.1, -0.05) is 0 Å². The number of nitrogens with zero attached hydrogens (tertiary/aromatic N) is 1. The van der Waals surface area contributed by atoms with Crippen molar-refractivity contribution >= 4 is 33.2 Å². The second-order valence-electron chi connectivity index (χ2n) is 7.27. The SMILES string of the molecule is CCOc1cc(C(=O)NCc2ccc(S(N)(=O)=O)s2)ccc1OCC(=O)N1CCCCC1. The summed E-state index contributed by atoms with van der Waals surface area (Å²) >= 11 is 1.00. The van der Waals surface area contributed by atoms with Gasteiger partial charge in [0.25, 0.3) is 11.8 Å². The molecule has 174 valence electrons. The second-order valence-corrected chi connectivity index (χ2v) is 10.2. The third-order valence-electron chi connectivity index (χ3n) is 4.91. The highest BCUT2D eigenvalue weighted by atomic mass is 32.2. The van der Waals surface area contributed by atoms with Crippen molar-refractivity contribution in [3.63, 3.8) is 0 Å². The first-order valence-electron chi connectivity index (χ1n) is 10.3. The Labute approximate surface area is 191 Å². The summed E-state index contributed by atoms with van der Waals surface area (Å²) in [6.45, 7) is 3.76. The molecule has 1 aliphatic heterocycles. The van der Waals surface area contributed by atoms with Crippen LogP contribution in [0.5, 0.6) is 11.5 Å². The minimum Gasteiger partial charge on any atom is -0.490 e. The summed E-state index contributed by atoms with van der Waals surface area (Å²) in [5.41, 5.74) is 0.353. The van der Waals surface area contributed by atoms with Crippen molar-refractivity contribution in [1.82, 2.24) is 10.2 Å². The summed E-state index contributed by atoms with van der Waals surface area (Å²) in [5.74, 6) is 0.347. The molecule has 1 fully saturated rings. The zero-order valence-corrected chi connectivity index (χ0v) is 19.5. The molecule has 2 aromatic rings. The summed E-state index contributed by atoms with van der Waals surface area (Å²) in [6.07, 6.45) is 3.16. The lowest BCUT2D eigenvalue weighted by molar-refractivity contribution is -0.134. The number of sulfonamides is 1. The predicted molar refractivity (Wildman–Crippen MR) is 120 cm³/mol. The molecule has 0 bridgehead atoms. The molecule has 1 saturated heterocycles. The molecule has 2 heterocycles. The minimum absolute atomic E-state index is 0.0426. The molecule has 0 aliphatic carbocycles. The van der Waals surface area contributed by atoms with Crippen LogP contribution in [-0.4, -0.2) is 51.4 Å². The van der Waals surface area contributed by atoms with Gasteiger partial charge >= 0.3 is 0 Å². The Bertz CT molecular complexity index is 1060. The van der Waals surface area contributed by atoms with E-state index in [0.717, 1.165) is 43.7 Å². The van der Waals surface area contributed by atoms with Crippen molar-refractivity contribution in [3.05, 3.63) is 40.8 Å². The molecule has 0 saturated carbocycles. The van der Waals surface area contributed by atoms with Crippen LogP contribution in [0.4, 0.5) is 0 Å². The summed E-state index contributed by atoms with van der Waals surface area (Å²) in [7, 11) is -3.76. The van der Waals surface area contributed by atoms with Gasteiger partial charge in [0, 0.05) is 23.5 Å². The molecular formula is C21H27N3O6S2. The number of carbonyl (C=O) groups is 2. The van der Waals surface area contributed by atoms with E-state index in [1.807, 2.05) is 6.92 Å². The van der Waals surface area contributed by atoms with Crippen LogP contribution in [0.15, 0.2) is 34.5 Å². The number of carbonyl (C=O) groups excluding carboxylic acids is 2. The van der Waals surface area contributed by atoms with E-state index in [9.17, 15) is 18.0 Å². The van der Waals surface area contributed by atoms with Gasteiger partial charge in [-0.2, -0.15) is 0 Å². The maximum absolute atomic E-state index is 12.6. The van der Waals surface area contributed by atoms with Gasteiger partial charge in [0.05, 0.1) is 13.2 Å². The van der Waals surface area contributed by atoms with Crippen LogP contribution < -0.4 is 19.9 Å². The van der Waals surface area contributed by atoms with Gasteiger partial charge in [0.1, 0.15) is 4.21 Å². The monoisotopic (exact) mass is 481 g/mol. The molecule has 3 N–H and O–H groups in total. The molecule has 9 nitrogen and oxygen atoms in total. The number of nitrogens with two attached hydrogens (primary N) is 1. The molecule has 32 heavy (non-hydrogen) atoms. The Morgan fingerprint density at radius 1 is 1.09 bits per heavy atom. The Balaban J connectivity index is 1.61. The maximum atomic E-state index is 12.6. The van der Waals surface area contributed by atoms with E-state index < -0.39 is 10.0 Å². The molecule has 0 atom stereocenters. The smallest absolute Gasteiger partial charge is 0.260 e. The Kier molecular flexibility index (Phi) is 8.10. The molecule has 3 rings (SSSR count). The van der Waals surface area contributed by atoms with E-state index in [1.165, 1.54) is 6.07 Å². The third kappa shape index (κ3) is 6.44. The standard InChI is InChI=1S/C21H27N3O6S2/c1-2-29-18-12-15(21(26)23-13-16-7-9-20(31-16)32(22,27)28)6-8-17(18)30-14-19(25)24-10-4-3-5-11-24/h6-9,12H,2-5,10-11,13-14H2,1H3,(H,23,26)(H2,22,27,28). The minimum atomic E-state index is -3.76. The van der Waals surface area contributed by atoms with Crippen LogP contribution >= 0.6 is 11.3 Å². The van der Waals surface area contributed by atoms with Crippen molar-refractivity contribution in [2.45, 2.75) is 36.9 Å². The fourth-order valence-electron chi connectivity index (χ4n) is 3.29. The highest BCUT2D eigenvalue weighted by Crippen LogP contribution is 2.29. The average molecular weight is 482 g/mol. The first-order chi connectivity index (χ1) is 15.3. The number of likely N-dealkylation sites (tertiary alicyclic amines) is 1. The number of nitrogens with one attached hydrogen (secondary N) is 1. The van der Waals surface area contributed by atoms with Crippen molar-refractivity contribution in [1.29, 1.82) is 0 Å². The van der Waals surface area contributed by atoms with Crippen molar-refractivity contribution in [3.8, 4) is 11.5 Å². The Morgan fingerprint density at radius 3 is 2.50 bits per heavy atom. The van der Waals surface area contributed by atoms with Crippen LogP contribution in [-0.2, 0) is 21.4 Å². The third-order valence-corrected chi connectivity index (χ3v) is 7.43. The van der Waals surface area contributed by atoms with Crippen molar-refractivity contribution in [2.75, 3.05) is 26.3 Å². The zero-order chi connectivity index (χ0) is 23.1. The largest absolute Gasteiger partial charge is 0.490 e. The topological polar surface area (TPSA) is 128 Å². The van der Waals surface area contributed by atoms with Gasteiger partial charge in [-0.25, -0.2) is 13.6 Å². The van der Waals surface area contributed by atoms with E-state index in [4.69, 9.17) is 14.6 Å². The van der Waals surface area contributed by atoms with Crippen LogP contribution in [0.2, 0.25) is 0 Å². The Morgan fingerprint density at radius 2 is 1.84 bits per heavy atom. The summed E-state index contributed by atoms with van der Waals surface area (Å²) in [5, 5.41) is 7.85. The number of ether oxygens (including phenoxy) is 2. The van der Waals surface area contributed by atoms with Gasteiger partial charge in [-0.05, 0) is 56.5 Å². The summed E-state index contributed by atoms with van der Waals surface area (Å²) in [6, 6.07) is 7.76. The lowest BCUT2D eigenvalue weighted by atomic mass is 10.1. The fraction of sp³-hybridized carbons (Fsp3) is 0.429. The predicted octanol–water partition coefficient (Wildman–Crippen LogP) is 2.12. The Hall–Kier alpha value is -2.63. The van der Waals surface area contributed by atoms with Crippen LogP contribution in [0, 0.1) is 0 Å². The van der Waals surface area contributed by atoms with Crippen LogP contribution in [0.25, 0.3) is 0 Å². The first-order valence-corrected chi connectivity index (χ1v) is 12.7. The number of piperidine rings is 1. The fourth-order valence-corrected chi connectivity index (χ4v) is 5.00. The highest BCUT2D eigenvalue weighted by Gasteiger charge is 2.19. The normalized spacial score (nSPS) is 14.1. The number of thiophene rings is 1. The molecule has 11 heteroatoms. The molecule has 1 aliphatic rings. The van der Waals surface area contributed by atoms with E-state index >= 15 is 0 Å². The number of hydrogen-bond acceptors (Lipinski definition) is 7. The molecule has 0 radical (unpaired) electrons. The lowest BCUT2D eigenvalue weighted by Gasteiger charge is -2.26. The quantitative estimate of drug-likeness (QED) is 0.565. The highest BCUT2D eigenvalue weighted by molar-refractivity contribution is 7.91. The number of benzene rings is 1. The summed E-state index contributed by atoms with van der Waals surface area (Å²) < 4.78 is 34.1. The second kappa shape index (κ2) is 10.8. The lowest BCUT2D eigenvalue weighted by Crippen LogP contribution is -2.38. The number of amides is 2. The van der Waals surface area contributed by atoms with E-state index in [-0.39, 0.29) is 29.2 Å². The van der Waals surface area contributed by atoms with Gasteiger partial charge in [0.2, 0.25) is 10.0 Å². The van der Waals surface area contributed by atoms with E-state index in [0.29, 0.717) is 28.5 Å². The van der Waals surface area contributed by atoms with Crippen LogP contribution in [0.3, 0.4) is 0 Å². The van der Waals surface area contributed by atoms with Crippen LogP contribution in [0.1, 0.15) is 41.4 Å². The van der Waals surface area contributed by atoms with E-state index in [2.05, 4.69) is 5.32 Å². The molecule has 0 spiro atoms. The zero-order valence-electron chi connectivity index (χ0n) is 17.8. The van der Waals surface area contributed by atoms with Crippen molar-refractivity contribution in [2.24, 2.45) is 5.14 Å². The number of rotatable bonds is 9.